The standard InChI is InChI=1S/C54H58N4O4S/c1-51(2,3)43-31-37(32-44(49(43)59)52(4,5)6)47(35-19-15-13-16-20-35)57-55-39-23-27-41(28-24-39)63(61,62)42-29-25-40(26-30-42)56-58-48(36-21-17-14-18-22-36)38-33-45(53(7,8)9)50(60)46(34-38)54(10,11)12/h13-34H,1-12H3. The average Bonchev–Trinajstić information content (AvgIpc) is 3.21. The highest BCUT2D eigenvalue weighted by Gasteiger charge is 2.36. The van der Waals surface area contributed by atoms with E-state index in [0.717, 1.165) is 22.3 Å². The molecule has 2 aliphatic rings. The first-order chi connectivity index (χ1) is 29.4. The quantitative estimate of drug-likeness (QED) is 0.164. The Labute approximate surface area is 373 Å². The fraction of sp³-hybridized carbons (Fsp3) is 0.296. The zero-order chi connectivity index (χ0) is 46.1. The number of ketones is 2. The van der Waals surface area contributed by atoms with Gasteiger partial charge in [-0.25, -0.2) is 8.42 Å². The molecule has 4 aromatic rings. The number of sulfone groups is 1. The van der Waals surface area contributed by atoms with Crippen molar-refractivity contribution in [1.82, 2.24) is 0 Å². The van der Waals surface area contributed by atoms with Crippen LogP contribution in [0.1, 0.15) is 94.2 Å². The molecule has 9 heteroatoms. The van der Waals surface area contributed by atoms with Gasteiger partial charge in [-0.2, -0.15) is 10.2 Å². The third-order valence-electron chi connectivity index (χ3n) is 10.9. The number of Topliss-reactive ketones (excluding diaryl/α,β-unsaturated/α-hetero) is 2. The third-order valence-corrected chi connectivity index (χ3v) is 12.7. The molecule has 0 saturated heterocycles. The Morgan fingerprint density at radius 1 is 0.397 bits per heavy atom. The minimum absolute atomic E-state index is 0.0304. The number of carbonyl (C=O) groups excluding carboxylic acids is 2. The number of hydrogen-bond acceptors (Lipinski definition) is 8. The van der Waals surface area contributed by atoms with Crippen LogP contribution in [-0.2, 0) is 19.4 Å². The molecule has 6 rings (SSSR count). The van der Waals surface area contributed by atoms with Gasteiger partial charge in [0.25, 0.3) is 0 Å². The van der Waals surface area contributed by atoms with E-state index in [2.05, 4.69) is 10.2 Å². The molecule has 0 radical (unpaired) electrons. The van der Waals surface area contributed by atoms with Crippen LogP contribution in [0.15, 0.2) is 197 Å². The van der Waals surface area contributed by atoms with Crippen molar-refractivity contribution in [2.75, 3.05) is 0 Å². The second-order valence-electron chi connectivity index (χ2n) is 20.1. The molecule has 0 fully saturated rings. The molecule has 0 N–H and O–H groups in total. The molecular weight excluding hydrogens is 801 g/mol. The lowest BCUT2D eigenvalue weighted by atomic mass is 9.71. The zero-order valence-electron chi connectivity index (χ0n) is 38.5. The molecule has 0 heterocycles. The van der Waals surface area contributed by atoms with Crippen molar-refractivity contribution in [2.45, 2.75) is 92.9 Å². The summed E-state index contributed by atoms with van der Waals surface area (Å²) in [6, 6.07) is 32.0. The highest BCUT2D eigenvalue weighted by Crippen LogP contribution is 2.43. The Hall–Kier alpha value is -6.19. The number of carbonyl (C=O) groups is 2. The smallest absolute Gasteiger partial charge is 0.206 e. The lowest BCUT2D eigenvalue weighted by Gasteiger charge is -2.31. The second kappa shape index (κ2) is 17.5. The van der Waals surface area contributed by atoms with Crippen LogP contribution in [-0.4, -0.2) is 20.0 Å². The molecule has 0 saturated carbocycles. The predicted molar refractivity (Wildman–Crippen MR) is 254 cm³/mol. The SMILES string of the molecule is CC(C)(C)C1=CC(=C(N=Nc2ccc(S(=O)(=O)c3ccc(N=NC(=C4C=C(C(C)(C)C)C(=O)C(C(C)(C)C)=C4)c4ccccc4)cc3)cc2)c2ccccc2)C=C(C(C)(C)C)C1=O. The topological polar surface area (TPSA) is 118 Å². The van der Waals surface area contributed by atoms with E-state index >= 15 is 0 Å². The lowest BCUT2D eigenvalue weighted by Crippen LogP contribution is -2.28. The predicted octanol–water partition coefficient (Wildman–Crippen LogP) is 14.6. The first kappa shape index (κ1) is 46.3. The molecule has 0 amide bonds. The van der Waals surface area contributed by atoms with Crippen LogP contribution in [0.5, 0.6) is 0 Å². The molecule has 0 atom stereocenters. The number of benzene rings is 4. The van der Waals surface area contributed by atoms with E-state index in [1.807, 2.05) is 168 Å². The molecule has 63 heavy (non-hydrogen) atoms. The Balaban J connectivity index is 1.31. The molecule has 0 bridgehead atoms. The summed E-state index contributed by atoms with van der Waals surface area (Å²) in [7, 11) is -3.90. The van der Waals surface area contributed by atoms with Gasteiger partial charge in [-0.15, -0.1) is 10.2 Å². The van der Waals surface area contributed by atoms with Gasteiger partial charge in [0.05, 0.1) is 21.2 Å². The van der Waals surface area contributed by atoms with Crippen molar-refractivity contribution in [3.63, 3.8) is 0 Å². The van der Waals surface area contributed by atoms with E-state index in [4.69, 9.17) is 10.2 Å². The van der Waals surface area contributed by atoms with Crippen LogP contribution in [0, 0.1) is 21.7 Å². The van der Waals surface area contributed by atoms with Gasteiger partial charge in [0.15, 0.2) is 11.6 Å². The van der Waals surface area contributed by atoms with Crippen LogP contribution in [0.2, 0.25) is 0 Å². The van der Waals surface area contributed by atoms with Crippen molar-refractivity contribution in [3.8, 4) is 0 Å². The van der Waals surface area contributed by atoms with Gasteiger partial charge in [-0.05, 0) is 94.5 Å². The Morgan fingerprint density at radius 2 is 0.667 bits per heavy atom. The molecule has 324 valence electrons. The first-order valence-electron chi connectivity index (χ1n) is 21.2. The molecule has 0 aromatic heterocycles. The summed E-state index contributed by atoms with van der Waals surface area (Å²) < 4.78 is 27.7. The van der Waals surface area contributed by atoms with Gasteiger partial charge in [-0.3, -0.25) is 9.59 Å². The van der Waals surface area contributed by atoms with E-state index in [-0.39, 0.29) is 21.4 Å². The number of rotatable bonds is 8. The highest BCUT2D eigenvalue weighted by atomic mass is 32.2. The van der Waals surface area contributed by atoms with Gasteiger partial charge >= 0.3 is 0 Å². The molecule has 0 aliphatic heterocycles. The normalized spacial score (nSPS) is 15.7. The maximum atomic E-state index is 13.9. The molecular formula is C54H58N4O4S. The second-order valence-corrected chi connectivity index (χ2v) is 22.1. The summed E-state index contributed by atoms with van der Waals surface area (Å²) in [5, 5.41) is 18.6. The van der Waals surface area contributed by atoms with Crippen LogP contribution in [0.25, 0.3) is 11.4 Å². The van der Waals surface area contributed by atoms with E-state index in [9.17, 15) is 18.0 Å². The minimum atomic E-state index is -3.90. The highest BCUT2D eigenvalue weighted by molar-refractivity contribution is 7.91. The molecule has 4 aromatic carbocycles. The van der Waals surface area contributed by atoms with E-state index < -0.39 is 31.5 Å². The van der Waals surface area contributed by atoms with Crippen molar-refractivity contribution < 1.29 is 18.0 Å². The summed E-state index contributed by atoms with van der Waals surface area (Å²) in [5.41, 5.74) is 6.53. The molecule has 2 aliphatic carbocycles. The van der Waals surface area contributed by atoms with Crippen molar-refractivity contribution in [2.24, 2.45) is 42.1 Å². The van der Waals surface area contributed by atoms with Crippen molar-refractivity contribution in [1.29, 1.82) is 0 Å². The van der Waals surface area contributed by atoms with E-state index in [0.29, 0.717) is 45.1 Å². The first-order valence-corrected chi connectivity index (χ1v) is 22.7. The summed E-state index contributed by atoms with van der Waals surface area (Å²) in [5.74, 6) is 0.0608. The number of hydrogen-bond donors (Lipinski definition) is 0. The number of allylic oxidation sites excluding steroid dienone is 10. The van der Waals surface area contributed by atoms with Gasteiger partial charge < -0.3 is 0 Å². The average molecular weight is 859 g/mol. The van der Waals surface area contributed by atoms with Crippen LogP contribution in [0.4, 0.5) is 11.4 Å². The van der Waals surface area contributed by atoms with Crippen molar-refractivity contribution in [3.05, 3.63) is 178 Å². The largest absolute Gasteiger partial charge is 0.289 e. The monoisotopic (exact) mass is 858 g/mol. The fourth-order valence-corrected chi connectivity index (χ4v) is 8.51. The van der Waals surface area contributed by atoms with Gasteiger partial charge in [0.2, 0.25) is 9.84 Å². The Morgan fingerprint density at radius 3 is 0.921 bits per heavy atom. The molecule has 0 unspecified atom stereocenters. The van der Waals surface area contributed by atoms with Crippen LogP contribution in [0.3, 0.4) is 0 Å². The fourth-order valence-electron chi connectivity index (χ4n) is 7.25. The summed E-state index contributed by atoms with van der Waals surface area (Å²) in [4.78, 5) is 27.6. The third kappa shape index (κ3) is 10.5. The molecule has 8 nitrogen and oxygen atoms in total. The zero-order valence-corrected chi connectivity index (χ0v) is 39.3. The van der Waals surface area contributed by atoms with Gasteiger partial charge in [0, 0.05) is 44.6 Å². The van der Waals surface area contributed by atoms with Gasteiger partial charge in [-0.1, -0.05) is 144 Å². The summed E-state index contributed by atoms with van der Waals surface area (Å²) in [6.07, 6.45) is 7.67. The van der Waals surface area contributed by atoms with Crippen LogP contribution >= 0.6 is 0 Å². The minimum Gasteiger partial charge on any atom is -0.289 e. The van der Waals surface area contributed by atoms with E-state index in [1.165, 1.54) is 24.3 Å². The van der Waals surface area contributed by atoms with E-state index in [1.54, 1.807) is 24.3 Å². The van der Waals surface area contributed by atoms with Gasteiger partial charge in [0.1, 0.15) is 11.4 Å². The summed E-state index contributed by atoms with van der Waals surface area (Å²) >= 11 is 0. The Bertz CT molecular complexity index is 2530. The maximum absolute atomic E-state index is 13.9. The Kier molecular flexibility index (Phi) is 12.9. The summed E-state index contributed by atoms with van der Waals surface area (Å²) in [6.45, 7) is 24.4. The maximum Gasteiger partial charge on any atom is 0.206 e. The van der Waals surface area contributed by atoms with Crippen LogP contribution < -0.4 is 0 Å². The van der Waals surface area contributed by atoms with Crippen molar-refractivity contribution >= 4 is 44.2 Å². The molecule has 0 spiro atoms. The number of nitrogens with zero attached hydrogens (tertiary/aromatic N) is 4. The number of azo groups is 2. The lowest BCUT2D eigenvalue weighted by molar-refractivity contribution is -0.114.